The van der Waals surface area contributed by atoms with Gasteiger partial charge in [0.2, 0.25) is 0 Å². The Balaban J connectivity index is 2.05. The van der Waals surface area contributed by atoms with Gasteiger partial charge in [-0.3, -0.25) is 4.67 Å². The zero-order chi connectivity index (χ0) is 10.0. The second-order valence-corrected chi connectivity index (χ2v) is 5.20. The molecule has 0 aromatic rings. The Bertz CT molecular complexity index is 264. The molecule has 2 unspecified atom stereocenters. The van der Waals surface area contributed by atoms with Crippen LogP contribution in [0.1, 0.15) is 19.3 Å². The Morgan fingerprint density at radius 2 is 2.29 bits per heavy atom. The van der Waals surface area contributed by atoms with Gasteiger partial charge in [-0.25, -0.2) is 0 Å². The normalized spacial score (nSPS) is 34.6. The van der Waals surface area contributed by atoms with Crippen molar-refractivity contribution in [2.75, 3.05) is 26.7 Å². The van der Waals surface area contributed by atoms with Gasteiger partial charge in [0.1, 0.15) is 0 Å². The van der Waals surface area contributed by atoms with Gasteiger partial charge in [0.05, 0.1) is 0 Å². The second kappa shape index (κ2) is 4.03. The van der Waals surface area contributed by atoms with Crippen LogP contribution in [0.4, 0.5) is 0 Å². The number of likely N-dealkylation sites (tertiary alicyclic amines) is 1. The van der Waals surface area contributed by atoms with Crippen LogP contribution in [0.3, 0.4) is 0 Å². The van der Waals surface area contributed by atoms with Crippen molar-refractivity contribution in [3.63, 3.8) is 0 Å². The van der Waals surface area contributed by atoms with E-state index in [-0.39, 0.29) is 0 Å². The van der Waals surface area contributed by atoms with E-state index in [0.717, 1.165) is 13.1 Å². The summed E-state index contributed by atoms with van der Waals surface area (Å²) in [6, 6.07) is 0. The van der Waals surface area contributed by atoms with Crippen LogP contribution in [0.5, 0.6) is 0 Å². The first-order chi connectivity index (χ1) is 6.77. The number of nitrogens with zero attached hydrogens (tertiary/aromatic N) is 5. The molecular formula is C8H16N5P. The van der Waals surface area contributed by atoms with Crippen LogP contribution in [-0.4, -0.2) is 41.8 Å². The van der Waals surface area contributed by atoms with Gasteiger partial charge in [-0.2, -0.15) is 0 Å². The topological polar surface area (TPSA) is 55.2 Å². The predicted molar refractivity (Wildman–Crippen MR) is 58.2 cm³/mol. The van der Waals surface area contributed by atoms with E-state index in [2.05, 4.69) is 26.4 Å². The van der Waals surface area contributed by atoms with Crippen molar-refractivity contribution in [1.29, 1.82) is 0 Å². The van der Waals surface area contributed by atoms with E-state index in [4.69, 9.17) is 5.53 Å². The molecule has 5 nitrogen and oxygen atoms in total. The summed E-state index contributed by atoms with van der Waals surface area (Å²) in [5.41, 5.74) is 8.67. The third-order valence-corrected chi connectivity index (χ3v) is 4.45. The van der Waals surface area contributed by atoms with Crippen LogP contribution in [0.15, 0.2) is 4.88 Å². The lowest BCUT2D eigenvalue weighted by Gasteiger charge is -2.33. The van der Waals surface area contributed by atoms with Gasteiger partial charge in [-0.1, -0.05) is 4.88 Å². The van der Waals surface area contributed by atoms with Crippen molar-refractivity contribution in [3.8, 4) is 0 Å². The van der Waals surface area contributed by atoms with Gasteiger partial charge in [0, 0.05) is 32.4 Å². The minimum atomic E-state index is 0.296. The molecule has 0 radical (unpaired) electrons. The highest BCUT2D eigenvalue weighted by Gasteiger charge is 2.44. The molecule has 0 aromatic heterocycles. The standard InChI is InChI=1S/C8H16N5P/c1-12-6-4-8(7-12)3-2-5-13(8)14-11-10-9/h14H,2-7H2,1H3. The summed E-state index contributed by atoms with van der Waals surface area (Å²) in [7, 11) is 2.46. The summed E-state index contributed by atoms with van der Waals surface area (Å²) in [6.07, 6.45) is 3.75. The lowest BCUT2D eigenvalue weighted by Crippen LogP contribution is -2.40. The van der Waals surface area contributed by atoms with Crippen molar-refractivity contribution in [2.24, 2.45) is 4.88 Å². The van der Waals surface area contributed by atoms with E-state index >= 15 is 0 Å². The van der Waals surface area contributed by atoms with E-state index in [1.54, 1.807) is 0 Å². The number of likely N-dealkylation sites (N-methyl/N-ethyl adjacent to an activating group) is 1. The van der Waals surface area contributed by atoms with E-state index in [0.29, 0.717) is 14.4 Å². The Kier molecular flexibility index (Phi) is 2.93. The third kappa shape index (κ3) is 1.73. The quantitative estimate of drug-likeness (QED) is 0.305. The van der Waals surface area contributed by atoms with E-state index in [1.807, 2.05) is 0 Å². The lowest BCUT2D eigenvalue weighted by molar-refractivity contribution is 0.255. The molecule has 2 aliphatic heterocycles. The van der Waals surface area contributed by atoms with Gasteiger partial charge in [-0.05, 0) is 38.4 Å². The van der Waals surface area contributed by atoms with Crippen molar-refractivity contribution < 1.29 is 0 Å². The molecule has 0 saturated carbocycles. The zero-order valence-electron chi connectivity index (χ0n) is 8.48. The molecule has 0 aromatic carbocycles. The molecule has 2 aliphatic rings. The van der Waals surface area contributed by atoms with Gasteiger partial charge in [-0.15, -0.1) is 0 Å². The average Bonchev–Trinajstić information content (AvgIpc) is 2.72. The molecule has 2 rings (SSSR count). The van der Waals surface area contributed by atoms with Crippen LogP contribution >= 0.6 is 8.88 Å². The maximum Gasteiger partial charge on any atom is 0.0434 e. The maximum absolute atomic E-state index is 8.34. The molecule has 2 saturated heterocycles. The fraction of sp³-hybridized carbons (Fsp3) is 1.00. The number of hydrogen-bond acceptors (Lipinski definition) is 3. The first-order valence-corrected chi connectivity index (χ1v) is 5.92. The molecule has 6 heteroatoms. The minimum Gasteiger partial charge on any atom is -0.304 e. The van der Waals surface area contributed by atoms with Gasteiger partial charge < -0.3 is 4.90 Å². The van der Waals surface area contributed by atoms with Gasteiger partial charge >= 0.3 is 0 Å². The first kappa shape index (κ1) is 10.2. The Hall–Kier alpha value is -0.340. The fourth-order valence-electron chi connectivity index (χ4n) is 2.65. The van der Waals surface area contributed by atoms with E-state index in [1.165, 1.54) is 25.8 Å². The molecular weight excluding hydrogens is 197 g/mol. The molecule has 14 heavy (non-hydrogen) atoms. The molecule has 1 spiro atoms. The average molecular weight is 213 g/mol. The number of hydrogen-bond donors (Lipinski definition) is 0. The largest absolute Gasteiger partial charge is 0.304 e. The summed E-state index contributed by atoms with van der Waals surface area (Å²) in [5, 5.41) is 0. The van der Waals surface area contributed by atoms with E-state index < -0.39 is 0 Å². The first-order valence-electron chi connectivity index (χ1n) is 5.03. The SMILES string of the molecule is CN1CCC2(CCCN2PN=[N+]=[N-])C1. The minimum absolute atomic E-state index is 0.296. The number of azide groups is 1. The van der Waals surface area contributed by atoms with Crippen molar-refractivity contribution in [3.05, 3.63) is 10.4 Å². The molecule has 0 bridgehead atoms. The predicted octanol–water partition coefficient (Wildman–Crippen LogP) is 1.98. The highest BCUT2D eigenvalue weighted by atomic mass is 31.1. The Morgan fingerprint density at radius 3 is 2.93 bits per heavy atom. The molecule has 0 aliphatic carbocycles. The van der Waals surface area contributed by atoms with E-state index in [9.17, 15) is 0 Å². The second-order valence-electron chi connectivity index (χ2n) is 4.26. The van der Waals surface area contributed by atoms with Gasteiger partial charge in [0.15, 0.2) is 0 Å². The van der Waals surface area contributed by atoms with Crippen molar-refractivity contribution in [2.45, 2.75) is 24.8 Å². The summed E-state index contributed by atoms with van der Waals surface area (Å²) >= 11 is 0. The Labute approximate surface area is 86.0 Å². The summed E-state index contributed by atoms with van der Waals surface area (Å²) in [6.45, 7) is 3.42. The van der Waals surface area contributed by atoms with Crippen LogP contribution in [-0.2, 0) is 0 Å². The third-order valence-electron chi connectivity index (χ3n) is 3.33. The fourth-order valence-corrected chi connectivity index (χ4v) is 3.56. The molecule has 2 atom stereocenters. The van der Waals surface area contributed by atoms with Gasteiger partial charge in [0.25, 0.3) is 0 Å². The highest BCUT2D eigenvalue weighted by Crippen LogP contribution is 2.43. The maximum atomic E-state index is 8.34. The highest BCUT2D eigenvalue weighted by molar-refractivity contribution is 7.33. The summed E-state index contributed by atoms with van der Waals surface area (Å²) in [5.74, 6) is 0. The molecule has 78 valence electrons. The molecule has 0 N–H and O–H groups in total. The lowest BCUT2D eigenvalue weighted by atomic mass is 9.97. The Morgan fingerprint density at radius 1 is 1.43 bits per heavy atom. The van der Waals surface area contributed by atoms with Crippen molar-refractivity contribution in [1.82, 2.24) is 9.57 Å². The zero-order valence-corrected chi connectivity index (χ0v) is 9.48. The number of rotatable bonds is 2. The van der Waals surface area contributed by atoms with Crippen LogP contribution < -0.4 is 0 Å². The summed E-state index contributed by atoms with van der Waals surface area (Å²) in [4.78, 5) is 8.94. The molecule has 2 fully saturated rings. The summed E-state index contributed by atoms with van der Waals surface area (Å²) < 4.78 is 2.39. The smallest absolute Gasteiger partial charge is 0.0434 e. The van der Waals surface area contributed by atoms with Crippen LogP contribution in [0.2, 0.25) is 0 Å². The van der Waals surface area contributed by atoms with Crippen LogP contribution in [0, 0.1) is 0 Å². The van der Waals surface area contributed by atoms with Crippen molar-refractivity contribution >= 4 is 8.88 Å². The molecule has 2 heterocycles. The molecule has 0 amide bonds. The van der Waals surface area contributed by atoms with Crippen LogP contribution in [0.25, 0.3) is 10.4 Å². The monoisotopic (exact) mass is 213 g/mol.